The lowest BCUT2D eigenvalue weighted by molar-refractivity contribution is -0.131. The second-order valence-corrected chi connectivity index (χ2v) is 4.22. The summed E-state index contributed by atoms with van der Waals surface area (Å²) in [6.45, 7) is 4.79. The lowest BCUT2D eigenvalue weighted by Crippen LogP contribution is -2.32. The molecule has 14 heavy (non-hydrogen) atoms. The molecule has 0 bridgehead atoms. The molecule has 0 radical (unpaired) electrons. The molecular formula is C11H19NO2. The van der Waals surface area contributed by atoms with Crippen LogP contribution in [-0.4, -0.2) is 23.7 Å². The number of hydrogen-bond acceptors (Lipinski definition) is 2. The Hall–Kier alpha value is -0.830. The molecule has 1 aliphatic rings. The summed E-state index contributed by atoms with van der Waals surface area (Å²) in [5, 5.41) is 11.9. The molecule has 0 aromatic rings. The van der Waals surface area contributed by atoms with Crippen LogP contribution in [0, 0.1) is 5.92 Å². The van der Waals surface area contributed by atoms with Gasteiger partial charge in [0.25, 0.3) is 0 Å². The molecule has 0 heterocycles. The number of aliphatic carboxylic acids is 1. The van der Waals surface area contributed by atoms with Gasteiger partial charge in [-0.3, -0.25) is 0 Å². The summed E-state index contributed by atoms with van der Waals surface area (Å²) in [4.78, 5) is 10.4. The Balaban J connectivity index is 2.29. The molecule has 0 saturated heterocycles. The highest BCUT2D eigenvalue weighted by Crippen LogP contribution is 2.24. The van der Waals surface area contributed by atoms with Gasteiger partial charge < -0.3 is 10.4 Å². The lowest BCUT2D eigenvalue weighted by atomic mass is 10.1. The standard InChI is InChI=1S/C11H19NO2/c1-8(6-11(13)14)7-12-10-5-3-4-9(10)2/h6,9-10,12H,3-5,7H2,1-2H3,(H,13,14). The van der Waals surface area contributed by atoms with E-state index in [4.69, 9.17) is 5.11 Å². The number of carbonyl (C=O) groups is 1. The van der Waals surface area contributed by atoms with Crippen LogP contribution in [-0.2, 0) is 4.79 Å². The van der Waals surface area contributed by atoms with Crippen molar-refractivity contribution >= 4 is 5.97 Å². The monoisotopic (exact) mass is 197 g/mol. The van der Waals surface area contributed by atoms with Crippen LogP contribution in [0.4, 0.5) is 0 Å². The van der Waals surface area contributed by atoms with Gasteiger partial charge in [0.05, 0.1) is 0 Å². The molecule has 3 nitrogen and oxygen atoms in total. The average Bonchev–Trinajstić information content (AvgIpc) is 2.46. The highest BCUT2D eigenvalue weighted by atomic mass is 16.4. The van der Waals surface area contributed by atoms with E-state index in [1.807, 2.05) is 6.92 Å². The van der Waals surface area contributed by atoms with Crippen LogP contribution in [0.2, 0.25) is 0 Å². The summed E-state index contributed by atoms with van der Waals surface area (Å²) in [6.07, 6.45) is 5.08. The number of carboxylic acids is 1. The van der Waals surface area contributed by atoms with Crippen LogP contribution in [0.1, 0.15) is 33.1 Å². The van der Waals surface area contributed by atoms with Gasteiger partial charge >= 0.3 is 5.97 Å². The largest absolute Gasteiger partial charge is 0.478 e. The molecule has 2 atom stereocenters. The summed E-state index contributed by atoms with van der Waals surface area (Å²) in [5.41, 5.74) is 0.886. The molecule has 80 valence electrons. The third kappa shape index (κ3) is 3.50. The van der Waals surface area contributed by atoms with Crippen molar-refractivity contribution in [2.45, 2.75) is 39.2 Å². The Bertz CT molecular complexity index is 235. The van der Waals surface area contributed by atoms with Gasteiger partial charge in [-0.2, -0.15) is 0 Å². The van der Waals surface area contributed by atoms with Crippen LogP contribution in [0.25, 0.3) is 0 Å². The van der Waals surface area contributed by atoms with Gasteiger partial charge in [-0.1, -0.05) is 18.9 Å². The fraction of sp³-hybridized carbons (Fsp3) is 0.727. The summed E-state index contributed by atoms with van der Waals surface area (Å²) in [6, 6.07) is 0.576. The zero-order valence-corrected chi connectivity index (χ0v) is 8.92. The lowest BCUT2D eigenvalue weighted by Gasteiger charge is -2.17. The van der Waals surface area contributed by atoms with Gasteiger partial charge in [-0.05, 0) is 25.7 Å². The van der Waals surface area contributed by atoms with Crippen molar-refractivity contribution in [2.75, 3.05) is 6.54 Å². The zero-order chi connectivity index (χ0) is 10.6. The molecule has 0 aromatic carbocycles. The van der Waals surface area contributed by atoms with Crippen LogP contribution >= 0.6 is 0 Å². The minimum atomic E-state index is -0.858. The van der Waals surface area contributed by atoms with Crippen molar-refractivity contribution in [1.29, 1.82) is 0 Å². The second kappa shape index (κ2) is 5.15. The minimum absolute atomic E-state index is 0.576. The number of rotatable bonds is 4. The first-order valence-corrected chi connectivity index (χ1v) is 5.23. The Morgan fingerprint density at radius 2 is 2.29 bits per heavy atom. The van der Waals surface area contributed by atoms with Crippen molar-refractivity contribution in [3.05, 3.63) is 11.6 Å². The Morgan fingerprint density at radius 1 is 1.57 bits per heavy atom. The molecule has 0 amide bonds. The van der Waals surface area contributed by atoms with Gasteiger partial charge in [-0.25, -0.2) is 4.79 Å². The van der Waals surface area contributed by atoms with Crippen molar-refractivity contribution in [1.82, 2.24) is 5.32 Å². The molecule has 1 aliphatic carbocycles. The Morgan fingerprint density at radius 3 is 2.79 bits per heavy atom. The van der Waals surface area contributed by atoms with Gasteiger partial charge in [0.2, 0.25) is 0 Å². The van der Waals surface area contributed by atoms with Gasteiger partial charge in [0, 0.05) is 18.7 Å². The van der Waals surface area contributed by atoms with E-state index >= 15 is 0 Å². The SMILES string of the molecule is CC(=CC(=O)O)CNC1CCCC1C. The summed E-state index contributed by atoms with van der Waals surface area (Å²) >= 11 is 0. The third-order valence-corrected chi connectivity index (χ3v) is 2.87. The molecule has 1 rings (SSSR count). The van der Waals surface area contributed by atoms with Crippen molar-refractivity contribution in [3.63, 3.8) is 0 Å². The van der Waals surface area contributed by atoms with Crippen molar-refractivity contribution in [3.8, 4) is 0 Å². The van der Waals surface area contributed by atoms with Crippen LogP contribution < -0.4 is 5.32 Å². The normalized spacial score (nSPS) is 28.0. The van der Waals surface area contributed by atoms with E-state index in [1.54, 1.807) is 0 Å². The van der Waals surface area contributed by atoms with Gasteiger partial charge in [-0.15, -0.1) is 0 Å². The van der Waals surface area contributed by atoms with Crippen LogP contribution in [0.3, 0.4) is 0 Å². The number of nitrogens with one attached hydrogen (secondary N) is 1. The maximum Gasteiger partial charge on any atom is 0.328 e. The first-order valence-electron chi connectivity index (χ1n) is 5.23. The van der Waals surface area contributed by atoms with Crippen LogP contribution in [0.5, 0.6) is 0 Å². The van der Waals surface area contributed by atoms with Gasteiger partial charge in [0.15, 0.2) is 0 Å². The van der Waals surface area contributed by atoms with E-state index in [0.29, 0.717) is 12.6 Å². The highest BCUT2D eigenvalue weighted by molar-refractivity contribution is 5.80. The average molecular weight is 197 g/mol. The predicted octanol–water partition coefficient (Wildman–Crippen LogP) is 1.80. The predicted molar refractivity (Wildman–Crippen MR) is 56.2 cm³/mol. The topological polar surface area (TPSA) is 49.3 Å². The summed E-state index contributed by atoms with van der Waals surface area (Å²) < 4.78 is 0. The van der Waals surface area contributed by atoms with E-state index in [2.05, 4.69) is 12.2 Å². The molecule has 2 N–H and O–H groups in total. The number of hydrogen-bond donors (Lipinski definition) is 2. The first-order chi connectivity index (χ1) is 6.59. The van der Waals surface area contributed by atoms with E-state index in [-0.39, 0.29) is 0 Å². The molecule has 0 aromatic heterocycles. The second-order valence-electron chi connectivity index (χ2n) is 4.22. The molecule has 1 fully saturated rings. The maximum absolute atomic E-state index is 10.4. The van der Waals surface area contributed by atoms with Crippen molar-refractivity contribution < 1.29 is 9.90 Å². The summed E-state index contributed by atoms with van der Waals surface area (Å²) in [5.74, 6) is -0.128. The van der Waals surface area contributed by atoms with E-state index < -0.39 is 5.97 Å². The fourth-order valence-corrected chi connectivity index (χ4v) is 2.00. The van der Waals surface area contributed by atoms with Crippen molar-refractivity contribution in [2.24, 2.45) is 5.92 Å². The molecular weight excluding hydrogens is 178 g/mol. The van der Waals surface area contributed by atoms with Gasteiger partial charge in [0.1, 0.15) is 0 Å². The molecule has 3 heteroatoms. The Kier molecular flexibility index (Phi) is 4.14. The Labute approximate surface area is 85.2 Å². The molecule has 0 aliphatic heterocycles. The molecule has 0 spiro atoms. The highest BCUT2D eigenvalue weighted by Gasteiger charge is 2.22. The minimum Gasteiger partial charge on any atom is -0.478 e. The zero-order valence-electron chi connectivity index (χ0n) is 8.92. The summed E-state index contributed by atoms with van der Waals surface area (Å²) in [7, 11) is 0. The quantitative estimate of drug-likeness (QED) is 0.676. The third-order valence-electron chi connectivity index (χ3n) is 2.87. The van der Waals surface area contributed by atoms with E-state index in [0.717, 1.165) is 11.5 Å². The fourth-order valence-electron chi connectivity index (χ4n) is 2.00. The smallest absolute Gasteiger partial charge is 0.328 e. The van der Waals surface area contributed by atoms with E-state index in [1.165, 1.54) is 25.3 Å². The first kappa shape index (κ1) is 11.2. The maximum atomic E-state index is 10.4. The van der Waals surface area contributed by atoms with Crippen LogP contribution in [0.15, 0.2) is 11.6 Å². The molecule has 1 saturated carbocycles. The molecule has 2 unspecified atom stereocenters. The number of carboxylic acid groups (broad SMARTS) is 1. The van der Waals surface area contributed by atoms with E-state index in [9.17, 15) is 4.79 Å².